The zero-order valence-corrected chi connectivity index (χ0v) is 12.6. The fourth-order valence-electron chi connectivity index (χ4n) is 2.66. The van der Waals surface area contributed by atoms with Gasteiger partial charge in [-0.1, -0.05) is 54.6 Å². The Kier molecular flexibility index (Phi) is 3.99. The van der Waals surface area contributed by atoms with Crippen molar-refractivity contribution < 1.29 is 0 Å². The molecule has 3 rings (SSSR count). The summed E-state index contributed by atoms with van der Waals surface area (Å²) in [4.78, 5) is 0. The number of rotatable bonds is 4. The van der Waals surface area contributed by atoms with Crippen LogP contribution in [-0.2, 0) is 0 Å². The van der Waals surface area contributed by atoms with Crippen molar-refractivity contribution in [2.24, 2.45) is 0 Å². The molecule has 0 spiro atoms. The summed E-state index contributed by atoms with van der Waals surface area (Å²) < 4.78 is 0. The molecule has 0 amide bonds. The predicted molar refractivity (Wildman–Crippen MR) is 93.0 cm³/mol. The summed E-state index contributed by atoms with van der Waals surface area (Å²) in [7, 11) is -1.99. The van der Waals surface area contributed by atoms with E-state index in [9.17, 15) is 0 Å². The van der Waals surface area contributed by atoms with Gasteiger partial charge in [0, 0.05) is 6.58 Å². The summed E-state index contributed by atoms with van der Waals surface area (Å²) in [5, 5.41) is 3.66. The van der Waals surface area contributed by atoms with Gasteiger partial charge in [-0.25, -0.2) is 0 Å². The third-order valence-corrected chi connectivity index (χ3v) is 7.41. The summed E-state index contributed by atoms with van der Waals surface area (Å²) in [6, 6.07) is 31.2. The SMILES string of the molecule is [C]=C[P+](c1ccccc1)(c1ccccc1)c1ccccc1. The molecule has 0 saturated heterocycles. The molecule has 21 heavy (non-hydrogen) atoms. The van der Waals surface area contributed by atoms with Crippen LogP contribution in [0.1, 0.15) is 0 Å². The van der Waals surface area contributed by atoms with Crippen molar-refractivity contribution in [3.05, 3.63) is 103 Å². The summed E-state index contributed by atoms with van der Waals surface area (Å²) in [6.45, 7) is 8.24. The summed E-state index contributed by atoms with van der Waals surface area (Å²) in [5.74, 6) is 1.66. The Labute approximate surface area is 127 Å². The van der Waals surface area contributed by atoms with Crippen molar-refractivity contribution in [1.82, 2.24) is 0 Å². The van der Waals surface area contributed by atoms with Gasteiger partial charge in [-0.3, -0.25) is 0 Å². The van der Waals surface area contributed by atoms with E-state index in [0.29, 0.717) is 0 Å². The standard InChI is InChI=1S/C20H16P/c1-2-21(18-12-6-3-7-13-18,19-14-8-4-9-15-19)20-16-10-5-11-17-20/h2-17H/q+1. The Morgan fingerprint density at radius 1 is 0.524 bits per heavy atom. The molecule has 0 atom stereocenters. The Balaban J connectivity index is 2.31. The lowest BCUT2D eigenvalue weighted by atomic mass is 10.4. The third kappa shape index (κ3) is 2.44. The molecule has 0 aliphatic carbocycles. The molecule has 100 valence electrons. The molecule has 0 aliphatic rings. The third-order valence-electron chi connectivity index (χ3n) is 3.68. The second-order valence-electron chi connectivity index (χ2n) is 4.86. The molecule has 0 heterocycles. The minimum Gasteiger partial charge on any atom is -0.0620 e. The van der Waals surface area contributed by atoms with E-state index in [1.54, 1.807) is 5.82 Å². The summed E-state index contributed by atoms with van der Waals surface area (Å²) >= 11 is 0. The molecule has 3 aromatic carbocycles. The van der Waals surface area contributed by atoms with E-state index in [0.717, 1.165) is 0 Å². The van der Waals surface area contributed by atoms with Gasteiger partial charge in [-0.2, -0.15) is 0 Å². The van der Waals surface area contributed by atoms with Crippen molar-refractivity contribution in [3.8, 4) is 0 Å². The first-order valence-electron chi connectivity index (χ1n) is 6.95. The van der Waals surface area contributed by atoms with Gasteiger partial charge in [0.1, 0.15) is 23.2 Å². The van der Waals surface area contributed by atoms with Crippen molar-refractivity contribution >= 4 is 23.2 Å². The van der Waals surface area contributed by atoms with Gasteiger partial charge in [-0.15, -0.1) is 0 Å². The van der Waals surface area contributed by atoms with Gasteiger partial charge in [0.25, 0.3) is 0 Å². The van der Waals surface area contributed by atoms with Gasteiger partial charge < -0.3 is 0 Å². The zero-order valence-electron chi connectivity index (χ0n) is 11.7. The molecule has 0 aliphatic heterocycles. The first-order chi connectivity index (χ1) is 10.4. The quantitative estimate of drug-likeness (QED) is 0.640. The first kappa shape index (κ1) is 13.8. The second kappa shape index (κ2) is 6.08. The van der Waals surface area contributed by atoms with Crippen LogP contribution < -0.4 is 15.9 Å². The van der Waals surface area contributed by atoms with Gasteiger partial charge in [0.15, 0.2) is 0 Å². The molecule has 0 fully saturated rings. The van der Waals surface area contributed by atoms with Crippen molar-refractivity contribution in [2.75, 3.05) is 0 Å². The molecule has 0 unspecified atom stereocenters. The van der Waals surface area contributed by atoms with Crippen LogP contribution in [0.25, 0.3) is 0 Å². The van der Waals surface area contributed by atoms with E-state index in [1.165, 1.54) is 15.9 Å². The largest absolute Gasteiger partial charge is 0.137 e. The lowest BCUT2D eigenvalue weighted by molar-refractivity contribution is 1.72. The molecule has 0 nitrogen and oxygen atoms in total. The van der Waals surface area contributed by atoms with Crippen molar-refractivity contribution in [1.29, 1.82) is 0 Å². The zero-order chi connectivity index (χ0) is 14.5. The number of hydrogen-bond donors (Lipinski definition) is 0. The van der Waals surface area contributed by atoms with Crippen molar-refractivity contribution in [3.63, 3.8) is 0 Å². The van der Waals surface area contributed by atoms with E-state index >= 15 is 0 Å². The second-order valence-corrected chi connectivity index (χ2v) is 8.11. The van der Waals surface area contributed by atoms with Crippen LogP contribution in [-0.4, -0.2) is 0 Å². The van der Waals surface area contributed by atoms with E-state index in [-0.39, 0.29) is 0 Å². The van der Waals surface area contributed by atoms with E-state index < -0.39 is 7.26 Å². The van der Waals surface area contributed by atoms with Gasteiger partial charge in [0.2, 0.25) is 0 Å². The molecule has 0 N–H and O–H groups in total. The number of benzene rings is 3. The Bertz CT molecular complexity index is 606. The average Bonchev–Trinajstić information content (AvgIpc) is 2.59. The molecule has 3 aromatic rings. The Hall–Kier alpha value is -2.17. The maximum atomic E-state index is 8.24. The molecular formula is C20H16P+. The van der Waals surface area contributed by atoms with E-state index in [1.807, 2.05) is 18.2 Å². The van der Waals surface area contributed by atoms with Crippen LogP contribution in [0, 0.1) is 6.58 Å². The minimum absolute atomic E-state index is 1.22. The average molecular weight is 287 g/mol. The predicted octanol–water partition coefficient (Wildman–Crippen LogP) is 3.80. The highest BCUT2D eigenvalue weighted by molar-refractivity contribution is 7.98. The van der Waals surface area contributed by atoms with Crippen LogP contribution in [0.3, 0.4) is 0 Å². The fourth-order valence-corrected chi connectivity index (χ4v) is 5.93. The summed E-state index contributed by atoms with van der Waals surface area (Å²) in [5.41, 5.74) is 0. The topological polar surface area (TPSA) is 0 Å². The highest BCUT2D eigenvalue weighted by Crippen LogP contribution is 2.56. The lowest BCUT2D eigenvalue weighted by Crippen LogP contribution is -2.29. The van der Waals surface area contributed by atoms with Crippen LogP contribution in [0.2, 0.25) is 0 Å². The molecule has 0 aromatic heterocycles. The fraction of sp³-hybridized carbons (Fsp3) is 0. The van der Waals surface area contributed by atoms with Crippen LogP contribution in [0.4, 0.5) is 0 Å². The Morgan fingerprint density at radius 3 is 1.05 bits per heavy atom. The van der Waals surface area contributed by atoms with Crippen molar-refractivity contribution in [2.45, 2.75) is 0 Å². The Morgan fingerprint density at radius 2 is 0.810 bits per heavy atom. The van der Waals surface area contributed by atoms with E-state index in [2.05, 4.69) is 72.8 Å². The molecule has 0 saturated carbocycles. The molecular weight excluding hydrogens is 271 g/mol. The minimum atomic E-state index is -1.99. The highest BCUT2D eigenvalue weighted by Gasteiger charge is 2.42. The lowest BCUT2D eigenvalue weighted by Gasteiger charge is -2.23. The maximum Gasteiger partial charge on any atom is 0.137 e. The normalized spacial score (nSPS) is 11.0. The van der Waals surface area contributed by atoms with Crippen LogP contribution in [0.5, 0.6) is 0 Å². The number of hydrogen-bond acceptors (Lipinski definition) is 0. The highest BCUT2D eigenvalue weighted by atomic mass is 31.2. The molecule has 1 heteroatoms. The first-order valence-corrected chi connectivity index (χ1v) is 8.81. The summed E-state index contributed by atoms with van der Waals surface area (Å²) in [6.07, 6.45) is 0. The smallest absolute Gasteiger partial charge is 0.0620 e. The monoisotopic (exact) mass is 287 g/mol. The van der Waals surface area contributed by atoms with E-state index in [4.69, 9.17) is 6.58 Å². The van der Waals surface area contributed by atoms with Gasteiger partial charge in [-0.05, 0) is 36.4 Å². The molecule has 2 radical (unpaired) electrons. The van der Waals surface area contributed by atoms with Gasteiger partial charge >= 0.3 is 0 Å². The maximum absolute atomic E-state index is 8.24. The van der Waals surface area contributed by atoms with Crippen LogP contribution in [0.15, 0.2) is 96.8 Å². The van der Waals surface area contributed by atoms with Gasteiger partial charge in [0.05, 0.1) is 5.82 Å². The van der Waals surface area contributed by atoms with Crippen LogP contribution >= 0.6 is 7.26 Å². The molecule has 0 bridgehead atoms.